The van der Waals surface area contributed by atoms with Crippen LogP contribution in [0.25, 0.3) is 0 Å². The molecule has 1 unspecified atom stereocenters. The Morgan fingerprint density at radius 2 is 1.62 bits per heavy atom. The molecule has 16 atom stereocenters. The molecule has 3 aliphatic heterocycles. The van der Waals surface area contributed by atoms with Crippen molar-refractivity contribution in [2.24, 2.45) is 35.5 Å². The van der Waals surface area contributed by atoms with Gasteiger partial charge in [-0.3, -0.25) is 28.8 Å². The lowest BCUT2D eigenvalue weighted by Gasteiger charge is -2.43. The van der Waals surface area contributed by atoms with Crippen molar-refractivity contribution in [2.75, 3.05) is 39.3 Å². The van der Waals surface area contributed by atoms with Gasteiger partial charge in [-0.25, -0.2) is 23.4 Å². The van der Waals surface area contributed by atoms with Gasteiger partial charge in [0.1, 0.15) is 48.7 Å². The molecular formula is C66H89F3IN3O16. The van der Waals surface area contributed by atoms with E-state index in [1.54, 1.807) is 65.0 Å². The Bertz CT molecular complexity index is 2930. The number of rotatable bonds is 14. The number of cyclic esters (lactones) is 1. The number of nitrogens with one attached hydrogen (secondary N) is 2. The number of carbonyl (C=O) groups is 6. The Morgan fingerprint density at radius 3 is 2.33 bits per heavy atom. The lowest BCUT2D eigenvalue weighted by molar-refractivity contribution is -0.266. The van der Waals surface area contributed by atoms with Crippen LogP contribution in [0, 0.1) is 56.5 Å². The third-order valence-electron chi connectivity index (χ3n) is 17.7. The van der Waals surface area contributed by atoms with Gasteiger partial charge in [0, 0.05) is 54.9 Å². The minimum absolute atomic E-state index is 0.0157. The molecular weight excluding hydrogens is 1270 g/mol. The second-order valence-corrected chi connectivity index (χ2v) is 25.9. The quantitative estimate of drug-likeness (QED) is 0.0339. The SMILES string of the molecule is CO[C@@H]1C[C@@H](CC(C)[C@@H]2CC(=O)[C@H](C)/C=C(\C)[C@@H](O)[C@@H](OC)C(=O)[C@H](C)C[C@H](C)/C=C/C=C/C=C(/C)[C@@H](OC[C@@H](O)CONC(=O)c3ccc(F)c(F)c3Nc3ccc(I)cc3F)C[C@@H]3CC[C@@H](C)[C@@](O)(O3)C(=O)C(=O)N3CCCC[C@H]3C(=O)O2)CC[C@H]1O. The molecule has 2 saturated heterocycles. The van der Waals surface area contributed by atoms with Crippen LogP contribution in [0.2, 0.25) is 0 Å². The van der Waals surface area contributed by atoms with Crippen LogP contribution < -0.4 is 10.8 Å². The van der Waals surface area contributed by atoms with E-state index in [-0.39, 0.29) is 61.3 Å². The van der Waals surface area contributed by atoms with Crippen LogP contribution in [0.1, 0.15) is 136 Å². The number of aliphatic hydroxyl groups excluding tert-OH is 3. The molecule has 19 nitrogen and oxygen atoms in total. The van der Waals surface area contributed by atoms with Gasteiger partial charge in [0.2, 0.25) is 5.79 Å². The molecule has 0 spiro atoms. The first-order valence-corrected chi connectivity index (χ1v) is 31.8. The van der Waals surface area contributed by atoms with E-state index in [0.29, 0.717) is 72.1 Å². The van der Waals surface area contributed by atoms with Crippen LogP contribution in [-0.2, 0) is 52.5 Å². The van der Waals surface area contributed by atoms with Crippen molar-refractivity contribution in [2.45, 2.75) is 186 Å². The normalized spacial score (nSPS) is 32.9. The molecule has 2 aromatic rings. The standard InChI is InChI=1S/C66H89F3IN3O16/c1-36-15-11-10-12-16-37(2)54(86-34-45(74)35-87-72-63(80)47-22-23-48(67)57(69)58(47)71-50-24-20-44(70)31-49(50)68)32-46-21-18-42(7)66(83,89-46)62(79)64(81)73-26-14-13-17-51(73)65(82)88-55(39(4)29-43-19-25-52(75)56(30-43)84-8)33-53(76)38(3)28-41(6)60(78)61(85-9)59(77)40(5)27-36/h10-12,15-16,20,22-24,28,31,36,38-40,42-43,45-46,51-52,54-56,60-61,71,74-75,78,83H,13-14,17-19,21,25-27,29-30,32-35H2,1-9H3,(H,72,80)/b12-10+,15-11+,37-16-,41-28+/t36-,38-,39?,40-,42-,43-,45-,46+,51+,52-,54+,55+,56-,60-,61+,66-/m1/s1. The molecule has 23 heteroatoms. The van der Waals surface area contributed by atoms with Gasteiger partial charge in [-0.2, -0.15) is 0 Å². The zero-order valence-corrected chi connectivity index (χ0v) is 54.4. The van der Waals surface area contributed by atoms with Crippen molar-refractivity contribution in [3.05, 3.63) is 105 Å². The summed E-state index contributed by atoms with van der Waals surface area (Å²) < 4.78 is 74.8. The third kappa shape index (κ3) is 19.7. The van der Waals surface area contributed by atoms with Gasteiger partial charge in [0.05, 0.1) is 48.0 Å². The van der Waals surface area contributed by atoms with Gasteiger partial charge >= 0.3 is 5.97 Å². The molecule has 6 rings (SSSR count). The van der Waals surface area contributed by atoms with E-state index in [9.17, 15) is 58.0 Å². The van der Waals surface area contributed by atoms with Crippen molar-refractivity contribution < 1.29 is 90.9 Å². The fraction of sp³-hybridized carbons (Fsp3) is 0.606. The minimum atomic E-state index is -2.66. The Kier molecular flexibility index (Phi) is 27.8. The predicted molar refractivity (Wildman–Crippen MR) is 332 cm³/mol. The molecule has 2 bridgehead atoms. The summed E-state index contributed by atoms with van der Waals surface area (Å²) >= 11 is 1.88. The van der Waals surface area contributed by atoms with Crippen LogP contribution in [0.4, 0.5) is 24.5 Å². The summed E-state index contributed by atoms with van der Waals surface area (Å²) in [6, 6.07) is 4.39. The van der Waals surface area contributed by atoms with Crippen LogP contribution in [0.5, 0.6) is 0 Å². The van der Waals surface area contributed by atoms with Crippen molar-refractivity contribution in [1.82, 2.24) is 10.4 Å². The number of fused-ring (bicyclic) bond motifs is 3. The number of piperidine rings is 1. The monoisotopic (exact) mass is 1360 g/mol. The number of amides is 2. The fourth-order valence-electron chi connectivity index (χ4n) is 12.2. The Hall–Kier alpha value is -5.22. The number of hydrogen-bond donors (Lipinski definition) is 6. The first-order valence-electron chi connectivity index (χ1n) is 30.7. The second kappa shape index (κ2) is 33.9. The Morgan fingerprint density at radius 1 is 0.876 bits per heavy atom. The largest absolute Gasteiger partial charge is 0.460 e. The number of methoxy groups -OCH3 is 2. The van der Waals surface area contributed by atoms with Crippen LogP contribution in [-0.4, -0.2) is 155 Å². The number of benzene rings is 2. The molecule has 3 fully saturated rings. The summed E-state index contributed by atoms with van der Waals surface area (Å²) in [6.45, 7) is 11.1. The number of ether oxygens (including phenoxy) is 5. The van der Waals surface area contributed by atoms with Gasteiger partial charge in [-0.15, -0.1) is 0 Å². The van der Waals surface area contributed by atoms with Crippen LogP contribution in [0.15, 0.2) is 77.9 Å². The maximum Gasteiger partial charge on any atom is 0.329 e. The van der Waals surface area contributed by atoms with E-state index in [0.717, 1.165) is 17.0 Å². The van der Waals surface area contributed by atoms with Crippen molar-refractivity contribution in [3.63, 3.8) is 0 Å². The number of aliphatic hydroxyl groups is 4. The van der Waals surface area contributed by atoms with Gasteiger partial charge < -0.3 is 54.3 Å². The number of halogens is 4. The summed E-state index contributed by atoms with van der Waals surface area (Å²) in [5.74, 6) is -14.0. The van der Waals surface area contributed by atoms with Gasteiger partial charge in [0.25, 0.3) is 17.6 Å². The number of allylic oxidation sites excluding steroid dienone is 6. The first kappa shape index (κ1) is 72.8. The highest BCUT2D eigenvalue weighted by Gasteiger charge is 2.53. The summed E-state index contributed by atoms with van der Waals surface area (Å²) in [6.07, 6.45) is 6.44. The fourth-order valence-corrected chi connectivity index (χ4v) is 12.6. The molecule has 2 aromatic carbocycles. The van der Waals surface area contributed by atoms with Crippen LogP contribution >= 0.6 is 22.6 Å². The van der Waals surface area contributed by atoms with Gasteiger partial charge in [-0.1, -0.05) is 71.1 Å². The number of esters is 1. The summed E-state index contributed by atoms with van der Waals surface area (Å²) in [5.41, 5.74) is 1.66. The molecule has 0 radical (unpaired) electrons. The average molecular weight is 1360 g/mol. The van der Waals surface area contributed by atoms with E-state index in [1.165, 1.54) is 26.4 Å². The molecule has 492 valence electrons. The number of carbonyl (C=O) groups excluding carboxylic acids is 6. The highest BCUT2D eigenvalue weighted by molar-refractivity contribution is 14.1. The lowest BCUT2D eigenvalue weighted by Crippen LogP contribution is -2.61. The first-order chi connectivity index (χ1) is 42.2. The van der Waals surface area contributed by atoms with E-state index < -0.39 is 150 Å². The number of hydroxylamine groups is 1. The van der Waals surface area contributed by atoms with Gasteiger partial charge in [0.15, 0.2) is 17.4 Å². The Labute approximate surface area is 533 Å². The average Bonchev–Trinajstić information content (AvgIpc) is 1.14. The molecule has 89 heavy (non-hydrogen) atoms. The summed E-state index contributed by atoms with van der Waals surface area (Å²) in [5, 5.41) is 48.0. The zero-order valence-electron chi connectivity index (χ0n) is 52.3. The molecule has 1 saturated carbocycles. The second-order valence-electron chi connectivity index (χ2n) is 24.6. The number of Topliss-reactive ketones (excluding diaryl/α,β-unsaturated/α-hetero) is 3. The highest BCUT2D eigenvalue weighted by atomic mass is 127. The van der Waals surface area contributed by atoms with E-state index in [2.05, 4.69) is 10.8 Å². The summed E-state index contributed by atoms with van der Waals surface area (Å²) in [7, 11) is 2.87. The van der Waals surface area contributed by atoms with Crippen LogP contribution in [0.3, 0.4) is 0 Å². The third-order valence-corrected chi connectivity index (χ3v) is 18.3. The summed E-state index contributed by atoms with van der Waals surface area (Å²) in [4.78, 5) is 91.7. The highest BCUT2D eigenvalue weighted by Crippen LogP contribution is 2.38. The van der Waals surface area contributed by atoms with Crippen molar-refractivity contribution in [1.29, 1.82) is 0 Å². The smallest absolute Gasteiger partial charge is 0.329 e. The van der Waals surface area contributed by atoms with E-state index >= 15 is 4.39 Å². The maximum absolute atomic E-state index is 15.1. The number of ketones is 3. The number of hydrogen-bond acceptors (Lipinski definition) is 17. The number of anilines is 2. The lowest BCUT2D eigenvalue weighted by atomic mass is 9.78. The minimum Gasteiger partial charge on any atom is -0.460 e. The number of nitrogens with zero attached hydrogens (tertiary/aromatic N) is 1. The molecule has 2 amide bonds. The van der Waals surface area contributed by atoms with Gasteiger partial charge in [-0.05, 0) is 160 Å². The van der Waals surface area contributed by atoms with E-state index in [1.807, 2.05) is 42.5 Å². The molecule has 3 heterocycles. The van der Waals surface area contributed by atoms with Crippen molar-refractivity contribution >= 4 is 69.1 Å². The molecule has 0 aromatic heterocycles. The zero-order chi connectivity index (χ0) is 65.4. The van der Waals surface area contributed by atoms with E-state index in [4.69, 9.17) is 28.5 Å². The molecule has 1 aliphatic carbocycles. The van der Waals surface area contributed by atoms with Crippen molar-refractivity contribution in [3.8, 4) is 0 Å². The maximum atomic E-state index is 15.1. The molecule has 6 N–H and O–H groups in total. The predicted octanol–water partition coefficient (Wildman–Crippen LogP) is 9.04. The Balaban J connectivity index is 1.25. The topological polar surface area (TPSA) is 266 Å². The molecule has 4 aliphatic rings.